The van der Waals surface area contributed by atoms with E-state index in [0.717, 1.165) is 6.42 Å². The molecule has 0 radical (unpaired) electrons. The summed E-state index contributed by atoms with van der Waals surface area (Å²) in [6.07, 6.45) is 2.90. The molecule has 2 amide bonds. The molecule has 0 atom stereocenters. The molecule has 1 aliphatic rings. The molecule has 0 aromatic heterocycles. The molecule has 0 aromatic rings. The van der Waals surface area contributed by atoms with E-state index in [-0.39, 0.29) is 12.5 Å². The molecule has 0 unspecified atom stereocenters. The smallest absolute Gasteiger partial charge is 0.314 e. The van der Waals surface area contributed by atoms with Gasteiger partial charge in [-0.05, 0) is 32.1 Å². The molecule has 0 saturated heterocycles. The first-order valence-corrected chi connectivity index (χ1v) is 5.94. The Kier molecular flexibility index (Phi) is 5.18. The molecular weight excluding hydrogens is 227 g/mol. The Labute approximate surface area is 99.8 Å². The molecule has 0 spiro atoms. The summed E-state index contributed by atoms with van der Waals surface area (Å²) in [6.45, 7) is 0.639. The molecule has 3 N–H and O–H groups in total. The number of hydrogen-bond donors (Lipinski definition) is 3. The van der Waals surface area contributed by atoms with E-state index in [1.165, 1.54) is 0 Å². The van der Waals surface area contributed by atoms with Crippen molar-refractivity contribution in [2.45, 2.75) is 44.2 Å². The standard InChI is InChI=1S/C11H19FN2O3/c12-11(4-2-5-11)6-8-14-10(17)13-7-1-3-9(15)16/h1-8H2,(H,15,16)(H2,13,14,17). The van der Waals surface area contributed by atoms with Gasteiger partial charge in [-0.15, -0.1) is 0 Å². The zero-order chi connectivity index (χ0) is 12.7. The molecule has 0 heterocycles. The van der Waals surface area contributed by atoms with Crippen molar-refractivity contribution < 1.29 is 19.1 Å². The summed E-state index contributed by atoms with van der Waals surface area (Å²) in [4.78, 5) is 21.4. The van der Waals surface area contributed by atoms with Crippen LogP contribution in [-0.2, 0) is 4.79 Å². The number of alkyl halides is 1. The first-order valence-electron chi connectivity index (χ1n) is 5.94. The predicted molar refractivity (Wildman–Crippen MR) is 60.6 cm³/mol. The van der Waals surface area contributed by atoms with Crippen LogP contribution in [0.1, 0.15) is 38.5 Å². The Morgan fingerprint density at radius 2 is 1.88 bits per heavy atom. The number of carbonyl (C=O) groups is 2. The number of carboxylic acids is 1. The second-order valence-electron chi connectivity index (χ2n) is 4.43. The largest absolute Gasteiger partial charge is 0.481 e. The minimum Gasteiger partial charge on any atom is -0.481 e. The molecule has 5 nitrogen and oxygen atoms in total. The van der Waals surface area contributed by atoms with Gasteiger partial charge in [-0.2, -0.15) is 0 Å². The zero-order valence-corrected chi connectivity index (χ0v) is 9.80. The molecule has 1 aliphatic carbocycles. The number of carboxylic acid groups (broad SMARTS) is 1. The monoisotopic (exact) mass is 246 g/mol. The third kappa shape index (κ3) is 5.51. The van der Waals surface area contributed by atoms with Gasteiger partial charge in [0.2, 0.25) is 0 Å². The minimum atomic E-state index is -1.07. The van der Waals surface area contributed by atoms with Crippen molar-refractivity contribution in [2.75, 3.05) is 13.1 Å². The zero-order valence-electron chi connectivity index (χ0n) is 9.80. The van der Waals surface area contributed by atoms with Gasteiger partial charge in [0.05, 0.1) is 0 Å². The van der Waals surface area contributed by atoms with Crippen molar-refractivity contribution in [1.29, 1.82) is 0 Å². The predicted octanol–water partition coefficient (Wildman–Crippen LogP) is 1.43. The van der Waals surface area contributed by atoms with E-state index in [0.29, 0.717) is 38.8 Å². The van der Waals surface area contributed by atoms with Crippen LogP contribution in [-0.4, -0.2) is 35.9 Å². The van der Waals surface area contributed by atoms with E-state index in [1.54, 1.807) is 0 Å². The number of carbonyl (C=O) groups excluding carboxylic acids is 1. The number of hydrogen-bond acceptors (Lipinski definition) is 2. The number of urea groups is 1. The van der Waals surface area contributed by atoms with Crippen LogP contribution in [0.15, 0.2) is 0 Å². The Bertz CT molecular complexity index is 280. The van der Waals surface area contributed by atoms with Crippen LogP contribution in [0, 0.1) is 0 Å². The van der Waals surface area contributed by atoms with E-state index in [9.17, 15) is 14.0 Å². The van der Waals surface area contributed by atoms with Crippen LogP contribution < -0.4 is 10.6 Å². The van der Waals surface area contributed by atoms with Gasteiger partial charge in [0.15, 0.2) is 0 Å². The normalized spacial score (nSPS) is 17.0. The highest BCUT2D eigenvalue weighted by molar-refractivity contribution is 5.73. The number of aliphatic carboxylic acids is 1. The third-order valence-corrected chi connectivity index (χ3v) is 2.96. The molecule has 0 aromatic carbocycles. The maximum Gasteiger partial charge on any atom is 0.314 e. The van der Waals surface area contributed by atoms with Crippen LogP contribution in [0.5, 0.6) is 0 Å². The van der Waals surface area contributed by atoms with Crippen molar-refractivity contribution in [3.05, 3.63) is 0 Å². The number of amides is 2. The Hall–Kier alpha value is -1.33. The van der Waals surface area contributed by atoms with Crippen molar-refractivity contribution in [3.8, 4) is 0 Å². The van der Waals surface area contributed by atoms with Gasteiger partial charge in [-0.25, -0.2) is 9.18 Å². The Morgan fingerprint density at radius 3 is 2.41 bits per heavy atom. The van der Waals surface area contributed by atoms with Gasteiger partial charge in [0.1, 0.15) is 5.67 Å². The summed E-state index contributed by atoms with van der Waals surface area (Å²) in [7, 11) is 0. The molecule has 0 bridgehead atoms. The summed E-state index contributed by atoms with van der Waals surface area (Å²) in [5.74, 6) is -0.878. The first kappa shape index (κ1) is 13.7. The lowest BCUT2D eigenvalue weighted by Gasteiger charge is -2.33. The quantitative estimate of drug-likeness (QED) is 0.595. The Balaban J connectivity index is 1.95. The first-order chi connectivity index (χ1) is 8.02. The molecular formula is C11H19FN2O3. The summed E-state index contributed by atoms with van der Waals surface area (Å²) in [6, 6.07) is -0.363. The second kappa shape index (κ2) is 6.42. The fourth-order valence-corrected chi connectivity index (χ4v) is 1.71. The summed E-state index contributed by atoms with van der Waals surface area (Å²) in [5, 5.41) is 13.5. The second-order valence-corrected chi connectivity index (χ2v) is 4.43. The lowest BCUT2D eigenvalue weighted by atomic mass is 9.80. The molecule has 0 aliphatic heterocycles. The van der Waals surface area contributed by atoms with Crippen molar-refractivity contribution in [3.63, 3.8) is 0 Å². The van der Waals surface area contributed by atoms with E-state index < -0.39 is 11.6 Å². The van der Waals surface area contributed by atoms with E-state index in [4.69, 9.17) is 5.11 Å². The molecule has 1 fully saturated rings. The average Bonchev–Trinajstić information content (AvgIpc) is 2.22. The van der Waals surface area contributed by atoms with Crippen LogP contribution in [0.3, 0.4) is 0 Å². The van der Waals surface area contributed by atoms with Crippen molar-refractivity contribution >= 4 is 12.0 Å². The van der Waals surface area contributed by atoms with Gasteiger partial charge in [0, 0.05) is 19.5 Å². The lowest BCUT2D eigenvalue weighted by Crippen LogP contribution is -2.41. The maximum atomic E-state index is 13.5. The maximum absolute atomic E-state index is 13.5. The summed E-state index contributed by atoms with van der Waals surface area (Å²) >= 11 is 0. The highest BCUT2D eigenvalue weighted by Gasteiger charge is 2.36. The highest BCUT2D eigenvalue weighted by atomic mass is 19.1. The summed E-state index contributed by atoms with van der Waals surface area (Å²) < 4.78 is 13.5. The molecule has 1 saturated carbocycles. The molecule has 17 heavy (non-hydrogen) atoms. The third-order valence-electron chi connectivity index (χ3n) is 2.96. The van der Waals surface area contributed by atoms with E-state index in [2.05, 4.69) is 10.6 Å². The van der Waals surface area contributed by atoms with Crippen LogP contribution >= 0.6 is 0 Å². The van der Waals surface area contributed by atoms with Gasteiger partial charge in [-0.1, -0.05) is 0 Å². The van der Waals surface area contributed by atoms with Gasteiger partial charge < -0.3 is 15.7 Å². The van der Waals surface area contributed by atoms with Crippen LogP contribution in [0.25, 0.3) is 0 Å². The molecule has 6 heteroatoms. The van der Waals surface area contributed by atoms with Crippen molar-refractivity contribution in [2.24, 2.45) is 0 Å². The van der Waals surface area contributed by atoms with Gasteiger partial charge in [0.25, 0.3) is 0 Å². The van der Waals surface area contributed by atoms with Gasteiger partial charge in [-0.3, -0.25) is 4.79 Å². The van der Waals surface area contributed by atoms with E-state index in [1.807, 2.05) is 0 Å². The Morgan fingerprint density at radius 1 is 1.24 bits per heavy atom. The number of halogens is 1. The SMILES string of the molecule is O=C(O)CCCNC(=O)NCCC1(F)CCC1. The minimum absolute atomic E-state index is 0.0356. The topological polar surface area (TPSA) is 78.4 Å². The van der Waals surface area contributed by atoms with Crippen LogP contribution in [0.2, 0.25) is 0 Å². The highest BCUT2D eigenvalue weighted by Crippen LogP contribution is 2.38. The van der Waals surface area contributed by atoms with Crippen LogP contribution in [0.4, 0.5) is 9.18 Å². The van der Waals surface area contributed by atoms with Gasteiger partial charge >= 0.3 is 12.0 Å². The average molecular weight is 246 g/mol. The summed E-state index contributed by atoms with van der Waals surface area (Å²) in [5.41, 5.74) is -1.07. The fourth-order valence-electron chi connectivity index (χ4n) is 1.71. The number of rotatable bonds is 7. The lowest BCUT2D eigenvalue weighted by molar-refractivity contribution is -0.137. The molecule has 1 rings (SSSR count). The fraction of sp³-hybridized carbons (Fsp3) is 0.818. The molecule has 98 valence electrons. The number of nitrogens with one attached hydrogen (secondary N) is 2. The van der Waals surface area contributed by atoms with Crippen molar-refractivity contribution in [1.82, 2.24) is 10.6 Å². The van der Waals surface area contributed by atoms with E-state index >= 15 is 0 Å².